The van der Waals surface area contributed by atoms with Crippen LogP contribution in [0.25, 0.3) is 0 Å². The van der Waals surface area contributed by atoms with Gasteiger partial charge >= 0.3 is 0 Å². The Balaban J connectivity index is 1.83. The average molecular weight is 248 g/mol. The second kappa shape index (κ2) is 6.35. The summed E-state index contributed by atoms with van der Waals surface area (Å²) < 4.78 is 0. The maximum absolute atomic E-state index is 12.0. The molecule has 5 nitrogen and oxygen atoms in total. The fourth-order valence-corrected chi connectivity index (χ4v) is 2.49. The predicted molar refractivity (Wildman–Crippen MR) is 71.0 cm³/mol. The summed E-state index contributed by atoms with van der Waals surface area (Å²) in [4.78, 5) is 15.9. The molecular weight excluding hydrogens is 228 g/mol. The number of nitrogens with zero attached hydrogens (tertiary/aromatic N) is 1. The molecule has 0 unspecified atom stereocenters. The van der Waals surface area contributed by atoms with Crippen molar-refractivity contribution in [2.75, 3.05) is 12.0 Å². The number of rotatable bonds is 5. The van der Waals surface area contributed by atoms with Crippen LogP contribution in [-0.4, -0.2) is 17.4 Å². The first kappa shape index (κ1) is 12.8. The first-order valence-corrected chi connectivity index (χ1v) is 6.50. The Kier molecular flexibility index (Phi) is 4.52. The van der Waals surface area contributed by atoms with Crippen LogP contribution in [0.2, 0.25) is 0 Å². The van der Waals surface area contributed by atoms with Crippen molar-refractivity contribution >= 4 is 11.6 Å². The summed E-state index contributed by atoms with van der Waals surface area (Å²) in [5.41, 5.74) is 3.60. The summed E-state index contributed by atoms with van der Waals surface area (Å²) >= 11 is 0. The lowest BCUT2D eigenvalue weighted by molar-refractivity contribution is 0.0952. The van der Waals surface area contributed by atoms with E-state index in [9.17, 15) is 4.79 Å². The van der Waals surface area contributed by atoms with Gasteiger partial charge in [-0.05, 0) is 18.4 Å². The number of anilines is 1. The number of nitrogens with one attached hydrogen (secondary N) is 2. The third-order valence-corrected chi connectivity index (χ3v) is 3.53. The molecule has 2 rings (SSSR count). The fraction of sp³-hybridized carbons (Fsp3) is 0.538. The lowest BCUT2D eigenvalue weighted by Crippen LogP contribution is -2.27. The zero-order valence-corrected chi connectivity index (χ0v) is 10.5. The highest BCUT2D eigenvalue weighted by Crippen LogP contribution is 2.26. The normalized spacial score (nSPS) is 15.6. The van der Waals surface area contributed by atoms with Gasteiger partial charge in [-0.3, -0.25) is 15.6 Å². The van der Waals surface area contributed by atoms with Crippen LogP contribution >= 0.6 is 0 Å². The second-order valence-electron chi connectivity index (χ2n) is 4.76. The number of nitrogen functional groups attached to an aromatic ring is 1. The highest BCUT2D eigenvalue weighted by Gasteiger charge is 2.15. The van der Waals surface area contributed by atoms with Crippen molar-refractivity contribution in [3.63, 3.8) is 0 Å². The molecule has 1 aliphatic rings. The van der Waals surface area contributed by atoms with Crippen LogP contribution in [0.1, 0.15) is 42.5 Å². The number of pyridine rings is 1. The Morgan fingerprint density at radius 1 is 1.44 bits per heavy atom. The molecule has 1 aromatic rings. The van der Waals surface area contributed by atoms with Gasteiger partial charge in [0.2, 0.25) is 0 Å². The molecular formula is C13H20N4O. The average Bonchev–Trinajstić information content (AvgIpc) is 2.91. The Morgan fingerprint density at radius 3 is 2.94 bits per heavy atom. The summed E-state index contributed by atoms with van der Waals surface area (Å²) in [5.74, 6) is 6.03. The Labute approximate surface area is 107 Å². The number of amides is 1. The highest BCUT2D eigenvalue weighted by molar-refractivity contribution is 5.99. The van der Waals surface area contributed by atoms with Crippen molar-refractivity contribution in [3.05, 3.63) is 24.0 Å². The molecule has 0 radical (unpaired) electrons. The summed E-state index contributed by atoms with van der Waals surface area (Å²) in [5, 5.41) is 2.93. The van der Waals surface area contributed by atoms with E-state index in [0.717, 1.165) is 18.9 Å². The number of hydrogen-bond donors (Lipinski definition) is 3. The lowest BCUT2D eigenvalue weighted by Gasteiger charge is -2.11. The molecule has 1 aliphatic carbocycles. The van der Waals surface area contributed by atoms with E-state index in [1.807, 2.05) is 0 Å². The van der Waals surface area contributed by atoms with Crippen molar-refractivity contribution in [2.24, 2.45) is 11.8 Å². The molecule has 1 fully saturated rings. The Bertz CT molecular complexity index is 402. The van der Waals surface area contributed by atoms with Crippen molar-refractivity contribution in [3.8, 4) is 0 Å². The van der Waals surface area contributed by atoms with Crippen LogP contribution < -0.4 is 16.6 Å². The third-order valence-electron chi connectivity index (χ3n) is 3.53. The van der Waals surface area contributed by atoms with E-state index in [4.69, 9.17) is 5.84 Å². The van der Waals surface area contributed by atoms with E-state index in [0.29, 0.717) is 11.3 Å². The highest BCUT2D eigenvalue weighted by atomic mass is 16.1. The zero-order chi connectivity index (χ0) is 12.8. The molecule has 4 N–H and O–H groups in total. The monoisotopic (exact) mass is 248 g/mol. The molecule has 1 saturated carbocycles. The van der Waals surface area contributed by atoms with Crippen LogP contribution in [0, 0.1) is 5.92 Å². The van der Waals surface area contributed by atoms with Crippen molar-refractivity contribution in [1.29, 1.82) is 0 Å². The van der Waals surface area contributed by atoms with Gasteiger partial charge in [-0.2, -0.15) is 0 Å². The fourth-order valence-electron chi connectivity index (χ4n) is 2.49. The topological polar surface area (TPSA) is 80.0 Å². The van der Waals surface area contributed by atoms with Gasteiger partial charge in [-0.25, -0.2) is 0 Å². The van der Waals surface area contributed by atoms with Crippen molar-refractivity contribution in [1.82, 2.24) is 10.3 Å². The number of carbonyl (C=O) groups excluding carboxylic acids is 1. The summed E-state index contributed by atoms with van der Waals surface area (Å²) in [7, 11) is 0. The maximum Gasteiger partial charge on any atom is 0.255 e. The molecule has 5 heteroatoms. The number of nitrogens with two attached hydrogens (primary N) is 1. The number of aromatic nitrogens is 1. The van der Waals surface area contributed by atoms with E-state index in [1.165, 1.54) is 31.9 Å². The van der Waals surface area contributed by atoms with Gasteiger partial charge in [0.05, 0.1) is 11.3 Å². The van der Waals surface area contributed by atoms with Crippen LogP contribution in [0.5, 0.6) is 0 Å². The van der Waals surface area contributed by atoms with Gasteiger partial charge < -0.3 is 10.7 Å². The molecule has 0 aromatic carbocycles. The van der Waals surface area contributed by atoms with Crippen LogP contribution in [0.3, 0.4) is 0 Å². The quantitative estimate of drug-likeness (QED) is 0.547. The first-order valence-electron chi connectivity index (χ1n) is 6.50. The van der Waals surface area contributed by atoms with Crippen molar-refractivity contribution < 1.29 is 4.79 Å². The lowest BCUT2D eigenvalue weighted by atomic mass is 10.0. The van der Waals surface area contributed by atoms with Gasteiger partial charge in [-0.1, -0.05) is 25.7 Å². The summed E-state index contributed by atoms with van der Waals surface area (Å²) in [6, 6.07) is 1.69. The molecule has 0 atom stereocenters. The zero-order valence-electron chi connectivity index (χ0n) is 10.5. The molecule has 0 bridgehead atoms. The minimum Gasteiger partial charge on any atom is -0.352 e. The standard InChI is InChI=1S/C13H20N4O/c14-17-12-6-7-15-9-11(12)13(18)16-8-5-10-3-1-2-4-10/h6-7,9-10H,1-5,8,14H2,(H,15,17)(H,16,18). The minimum absolute atomic E-state index is 0.117. The molecule has 0 saturated heterocycles. The van der Waals surface area contributed by atoms with Gasteiger partial charge in [0.1, 0.15) is 0 Å². The largest absolute Gasteiger partial charge is 0.352 e. The molecule has 1 amide bonds. The van der Waals surface area contributed by atoms with E-state index < -0.39 is 0 Å². The number of hydrogen-bond acceptors (Lipinski definition) is 4. The molecule has 1 heterocycles. The molecule has 98 valence electrons. The van der Waals surface area contributed by atoms with E-state index in [2.05, 4.69) is 15.7 Å². The van der Waals surface area contributed by atoms with E-state index >= 15 is 0 Å². The van der Waals surface area contributed by atoms with Gasteiger partial charge in [0.25, 0.3) is 5.91 Å². The molecule has 18 heavy (non-hydrogen) atoms. The third kappa shape index (κ3) is 3.20. The summed E-state index contributed by atoms with van der Waals surface area (Å²) in [6.45, 7) is 0.725. The summed E-state index contributed by atoms with van der Waals surface area (Å²) in [6.07, 6.45) is 9.48. The number of carbonyl (C=O) groups is 1. The van der Waals surface area contributed by atoms with Crippen LogP contribution in [0.4, 0.5) is 5.69 Å². The Hall–Kier alpha value is -1.62. The minimum atomic E-state index is -0.117. The molecule has 1 aromatic heterocycles. The smallest absolute Gasteiger partial charge is 0.255 e. The molecule has 0 aliphatic heterocycles. The maximum atomic E-state index is 12.0. The van der Waals surface area contributed by atoms with E-state index in [-0.39, 0.29) is 5.91 Å². The predicted octanol–water partition coefficient (Wildman–Crippen LogP) is 1.68. The van der Waals surface area contributed by atoms with Crippen LogP contribution in [0.15, 0.2) is 18.5 Å². The first-order chi connectivity index (χ1) is 8.81. The van der Waals surface area contributed by atoms with E-state index in [1.54, 1.807) is 12.3 Å². The number of hydrazine groups is 1. The molecule has 0 spiro atoms. The van der Waals surface area contributed by atoms with Crippen LogP contribution in [-0.2, 0) is 0 Å². The van der Waals surface area contributed by atoms with Gasteiger partial charge in [-0.15, -0.1) is 0 Å². The SMILES string of the molecule is NNc1ccncc1C(=O)NCCC1CCCC1. The van der Waals surface area contributed by atoms with Crippen molar-refractivity contribution in [2.45, 2.75) is 32.1 Å². The second-order valence-corrected chi connectivity index (χ2v) is 4.76. The van der Waals surface area contributed by atoms with Gasteiger partial charge in [0.15, 0.2) is 0 Å². The Morgan fingerprint density at radius 2 is 2.22 bits per heavy atom. The van der Waals surface area contributed by atoms with Gasteiger partial charge in [0, 0.05) is 18.9 Å².